The van der Waals surface area contributed by atoms with Gasteiger partial charge < -0.3 is 14.9 Å². The van der Waals surface area contributed by atoms with E-state index in [1.165, 1.54) is 18.2 Å². The average molecular weight is 314 g/mol. The largest absolute Gasteiger partial charge is 0.508 e. The molecule has 23 heavy (non-hydrogen) atoms. The van der Waals surface area contributed by atoms with Crippen LogP contribution in [0.4, 0.5) is 0 Å². The topological polar surface area (TPSA) is 91.2 Å². The molecule has 0 bridgehead atoms. The molecule has 0 heterocycles. The highest BCUT2D eigenvalue weighted by molar-refractivity contribution is 6.01. The first-order chi connectivity index (χ1) is 11.0. The third-order valence-electron chi connectivity index (χ3n) is 3.24. The molecule has 0 aliphatic rings. The van der Waals surface area contributed by atoms with Gasteiger partial charge in [0.15, 0.2) is 0 Å². The Labute approximate surface area is 134 Å². The fourth-order valence-corrected chi connectivity index (χ4v) is 2.00. The minimum atomic E-state index is -0.271. The van der Waals surface area contributed by atoms with Gasteiger partial charge >= 0.3 is 0 Å². The number of aromatic hydroxyl groups is 2. The number of hydrogen-bond acceptors (Lipinski definition) is 5. The van der Waals surface area contributed by atoms with E-state index in [0.29, 0.717) is 11.3 Å². The van der Waals surface area contributed by atoms with E-state index in [0.717, 1.165) is 11.3 Å². The lowest BCUT2D eigenvalue weighted by Gasteiger charge is -2.06. The summed E-state index contributed by atoms with van der Waals surface area (Å²) in [6, 6.07) is 11.4. The van der Waals surface area contributed by atoms with E-state index in [1.807, 2.05) is 0 Å². The van der Waals surface area contributed by atoms with Gasteiger partial charge in [-0.25, -0.2) is 5.43 Å². The molecule has 2 aromatic rings. The van der Waals surface area contributed by atoms with Crippen LogP contribution in [0.3, 0.4) is 0 Å². The number of phenols is 2. The lowest BCUT2D eigenvalue weighted by Crippen LogP contribution is -2.21. The van der Waals surface area contributed by atoms with Crippen LogP contribution in [0.2, 0.25) is 0 Å². The first kappa shape index (κ1) is 16.4. The highest BCUT2D eigenvalue weighted by Gasteiger charge is 2.07. The molecular weight excluding hydrogens is 296 g/mol. The Morgan fingerprint density at radius 2 is 1.87 bits per heavy atom. The molecule has 2 rings (SSSR count). The molecule has 0 spiro atoms. The van der Waals surface area contributed by atoms with Gasteiger partial charge in [-0.05, 0) is 36.8 Å². The van der Waals surface area contributed by atoms with Gasteiger partial charge in [-0.1, -0.05) is 12.1 Å². The van der Waals surface area contributed by atoms with Gasteiger partial charge in [0.2, 0.25) is 5.91 Å². The van der Waals surface area contributed by atoms with Gasteiger partial charge in [-0.2, -0.15) is 5.10 Å². The summed E-state index contributed by atoms with van der Waals surface area (Å²) in [6.45, 7) is 1.65. The number of amides is 1. The van der Waals surface area contributed by atoms with Crippen molar-refractivity contribution in [1.82, 2.24) is 5.43 Å². The predicted molar refractivity (Wildman–Crippen MR) is 86.8 cm³/mol. The van der Waals surface area contributed by atoms with E-state index in [4.69, 9.17) is 4.74 Å². The monoisotopic (exact) mass is 314 g/mol. The molecule has 0 aliphatic heterocycles. The number of hydrazone groups is 1. The van der Waals surface area contributed by atoms with Gasteiger partial charge in [-0.3, -0.25) is 4.79 Å². The molecule has 0 saturated heterocycles. The van der Waals surface area contributed by atoms with Crippen molar-refractivity contribution in [3.63, 3.8) is 0 Å². The molecule has 6 heteroatoms. The number of benzene rings is 2. The number of carbonyl (C=O) groups is 1. The van der Waals surface area contributed by atoms with Crippen molar-refractivity contribution in [3.05, 3.63) is 53.6 Å². The number of nitrogens with one attached hydrogen (secondary N) is 1. The summed E-state index contributed by atoms with van der Waals surface area (Å²) in [5, 5.41) is 23.0. The first-order valence-electron chi connectivity index (χ1n) is 6.98. The molecule has 1 amide bonds. The van der Waals surface area contributed by atoms with Crippen LogP contribution in [-0.4, -0.2) is 28.9 Å². The highest BCUT2D eigenvalue weighted by atomic mass is 16.5. The molecule has 0 aromatic heterocycles. The molecule has 3 N–H and O–H groups in total. The second kappa shape index (κ2) is 7.31. The molecular formula is C17H18N2O4. The van der Waals surface area contributed by atoms with Crippen molar-refractivity contribution in [3.8, 4) is 17.2 Å². The maximum Gasteiger partial charge on any atom is 0.244 e. The summed E-state index contributed by atoms with van der Waals surface area (Å²) in [6.07, 6.45) is 0.183. The Morgan fingerprint density at radius 3 is 2.48 bits per heavy atom. The van der Waals surface area contributed by atoms with Gasteiger partial charge in [0.1, 0.15) is 17.2 Å². The smallest absolute Gasteiger partial charge is 0.244 e. The molecule has 0 unspecified atom stereocenters. The van der Waals surface area contributed by atoms with Crippen LogP contribution < -0.4 is 10.2 Å². The van der Waals surface area contributed by atoms with Crippen LogP contribution in [0.15, 0.2) is 47.6 Å². The normalized spacial score (nSPS) is 11.1. The van der Waals surface area contributed by atoms with E-state index in [2.05, 4.69) is 10.5 Å². The Bertz CT molecular complexity index is 724. The maximum absolute atomic E-state index is 11.9. The standard InChI is InChI=1S/C17H18N2O4/c1-11(15-8-5-13(20)10-16(15)21)18-19-17(22)9-12-3-6-14(23-2)7-4-12/h3-8,10,20-21H,9H2,1-2H3,(H,19,22)/b18-11+. The van der Waals surface area contributed by atoms with Crippen LogP contribution in [0.1, 0.15) is 18.1 Å². The van der Waals surface area contributed by atoms with E-state index < -0.39 is 0 Å². The first-order valence-corrected chi connectivity index (χ1v) is 6.98. The Morgan fingerprint density at radius 1 is 1.17 bits per heavy atom. The van der Waals surface area contributed by atoms with Crippen molar-refractivity contribution in [2.75, 3.05) is 7.11 Å². The van der Waals surface area contributed by atoms with Crippen LogP contribution in [0.5, 0.6) is 17.2 Å². The number of ether oxygens (including phenoxy) is 1. The fourth-order valence-electron chi connectivity index (χ4n) is 2.00. The second-order valence-electron chi connectivity index (χ2n) is 4.96. The quantitative estimate of drug-likeness (QED) is 0.583. The molecule has 0 saturated carbocycles. The number of nitrogens with zero attached hydrogens (tertiary/aromatic N) is 1. The summed E-state index contributed by atoms with van der Waals surface area (Å²) in [5.41, 5.74) is 4.15. The minimum absolute atomic E-state index is 0.0393. The molecule has 0 fully saturated rings. The maximum atomic E-state index is 11.9. The van der Waals surface area contributed by atoms with Crippen LogP contribution >= 0.6 is 0 Å². The molecule has 0 aliphatic carbocycles. The summed E-state index contributed by atoms with van der Waals surface area (Å²) < 4.78 is 5.06. The number of hydrogen-bond donors (Lipinski definition) is 3. The summed E-state index contributed by atoms with van der Waals surface area (Å²) in [5.74, 6) is 0.317. The number of methoxy groups -OCH3 is 1. The zero-order valence-corrected chi connectivity index (χ0v) is 12.9. The Balaban J connectivity index is 1.99. The molecule has 0 radical (unpaired) electrons. The summed E-state index contributed by atoms with van der Waals surface area (Å²) in [4.78, 5) is 11.9. The number of rotatable bonds is 5. The summed E-state index contributed by atoms with van der Waals surface area (Å²) in [7, 11) is 1.58. The Hall–Kier alpha value is -3.02. The van der Waals surface area contributed by atoms with Gasteiger partial charge in [0, 0.05) is 11.6 Å². The fraction of sp³-hybridized carbons (Fsp3) is 0.176. The van der Waals surface area contributed by atoms with Crippen molar-refractivity contribution in [1.29, 1.82) is 0 Å². The van der Waals surface area contributed by atoms with E-state index in [1.54, 1.807) is 38.3 Å². The van der Waals surface area contributed by atoms with Crippen LogP contribution in [-0.2, 0) is 11.2 Å². The molecule has 6 nitrogen and oxygen atoms in total. The Kier molecular flexibility index (Phi) is 5.19. The lowest BCUT2D eigenvalue weighted by molar-refractivity contribution is -0.120. The third kappa shape index (κ3) is 4.47. The van der Waals surface area contributed by atoms with Crippen molar-refractivity contribution in [2.45, 2.75) is 13.3 Å². The highest BCUT2D eigenvalue weighted by Crippen LogP contribution is 2.22. The van der Waals surface area contributed by atoms with Crippen molar-refractivity contribution >= 4 is 11.6 Å². The minimum Gasteiger partial charge on any atom is -0.508 e. The second-order valence-corrected chi connectivity index (χ2v) is 4.96. The number of carbonyl (C=O) groups excluding carboxylic acids is 1. The van der Waals surface area contributed by atoms with E-state index in [-0.39, 0.29) is 23.8 Å². The van der Waals surface area contributed by atoms with Crippen LogP contribution in [0.25, 0.3) is 0 Å². The third-order valence-corrected chi connectivity index (χ3v) is 3.24. The molecule has 120 valence electrons. The van der Waals surface area contributed by atoms with Gasteiger partial charge in [0.05, 0.1) is 19.2 Å². The zero-order chi connectivity index (χ0) is 16.8. The van der Waals surface area contributed by atoms with Crippen LogP contribution in [0, 0.1) is 0 Å². The SMILES string of the molecule is COc1ccc(CC(=O)N/N=C(\C)c2ccc(O)cc2O)cc1. The van der Waals surface area contributed by atoms with E-state index in [9.17, 15) is 15.0 Å². The van der Waals surface area contributed by atoms with Crippen molar-refractivity contribution < 1.29 is 19.7 Å². The average Bonchev–Trinajstić information content (AvgIpc) is 2.53. The van der Waals surface area contributed by atoms with E-state index >= 15 is 0 Å². The van der Waals surface area contributed by atoms with Gasteiger partial charge in [0.25, 0.3) is 0 Å². The van der Waals surface area contributed by atoms with Crippen molar-refractivity contribution in [2.24, 2.45) is 5.10 Å². The summed E-state index contributed by atoms with van der Waals surface area (Å²) >= 11 is 0. The molecule has 2 aromatic carbocycles. The molecule has 0 atom stereocenters. The lowest BCUT2D eigenvalue weighted by atomic mass is 10.1. The van der Waals surface area contributed by atoms with Gasteiger partial charge in [-0.15, -0.1) is 0 Å². The zero-order valence-electron chi connectivity index (χ0n) is 12.9. The predicted octanol–water partition coefficient (Wildman–Crippen LogP) is 2.19. The number of phenolic OH excluding ortho intramolecular Hbond substituents is 2.